The summed E-state index contributed by atoms with van der Waals surface area (Å²) in [6, 6.07) is 5.90. The van der Waals surface area contributed by atoms with Crippen molar-refractivity contribution in [2.75, 3.05) is 25.1 Å². The van der Waals surface area contributed by atoms with Crippen LogP contribution < -0.4 is 5.32 Å². The maximum absolute atomic E-state index is 6.09. The van der Waals surface area contributed by atoms with E-state index in [1.807, 2.05) is 25.1 Å². The summed E-state index contributed by atoms with van der Waals surface area (Å²) in [6.07, 6.45) is 2.31. The Morgan fingerprint density at radius 3 is 2.81 bits per heavy atom. The van der Waals surface area contributed by atoms with Crippen molar-refractivity contribution in [3.8, 4) is 0 Å². The van der Waals surface area contributed by atoms with Gasteiger partial charge in [-0.25, -0.2) is 0 Å². The van der Waals surface area contributed by atoms with E-state index in [1.165, 1.54) is 12.0 Å². The van der Waals surface area contributed by atoms with Gasteiger partial charge in [0.15, 0.2) is 0 Å². The van der Waals surface area contributed by atoms with Crippen molar-refractivity contribution in [2.24, 2.45) is 0 Å². The second kappa shape index (κ2) is 7.53. The van der Waals surface area contributed by atoms with Crippen LogP contribution in [0.1, 0.15) is 25.3 Å². The number of hydrogen-bond donors (Lipinski definition) is 1. The lowest BCUT2D eigenvalue weighted by molar-refractivity contribution is 0.141. The van der Waals surface area contributed by atoms with Gasteiger partial charge in [0, 0.05) is 13.2 Å². The summed E-state index contributed by atoms with van der Waals surface area (Å²) in [4.78, 5) is 0. The third-order valence-electron chi connectivity index (χ3n) is 2.41. The van der Waals surface area contributed by atoms with E-state index in [0.717, 1.165) is 36.9 Å². The van der Waals surface area contributed by atoms with Gasteiger partial charge in [-0.05, 0) is 25.0 Å². The molecular formula is C13H20ClNO. The Labute approximate surface area is 103 Å². The highest BCUT2D eigenvalue weighted by Gasteiger charge is 2.01. The summed E-state index contributed by atoms with van der Waals surface area (Å²) < 4.78 is 5.47. The smallest absolute Gasteiger partial charge is 0.0640 e. The fourth-order valence-electron chi connectivity index (χ4n) is 1.45. The summed E-state index contributed by atoms with van der Waals surface area (Å²) in [5.41, 5.74) is 2.18. The van der Waals surface area contributed by atoms with Crippen molar-refractivity contribution < 1.29 is 4.74 Å². The molecule has 1 N–H and O–H groups in total. The van der Waals surface area contributed by atoms with E-state index in [4.69, 9.17) is 16.3 Å². The minimum atomic E-state index is 0.727. The number of para-hydroxylation sites is 1. The average Bonchev–Trinajstić information content (AvgIpc) is 2.26. The van der Waals surface area contributed by atoms with E-state index in [0.29, 0.717) is 0 Å². The molecule has 1 rings (SSSR count). The van der Waals surface area contributed by atoms with Crippen LogP contribution in [0.4, 0.5) is 5.69 Å². The van der Waals surface area contributed by atoms with E-state index in [9.17, 15) is 0 Å². The molecule has 0 saturated carbocycles. The molecule has 0 heterocycles. The van der Waals surface area contributed by atoms with Crippen LogP contribution in [-0.2, 0) is 4.74 Å². The first-order chi connectivity index (χ1) is 7.75. The molecule has 90 valence electrons. The highest BCUT2D eigenvalue weighted by Crippen LogP contribution is 2.24. The quantitative estimate of drug-likeness (QED) is 0.732. The number of unbranched alkanes of at least 4 members (excludes halogenated alkanes) is 1. The van der Waals surface area contributed by atoms with E-state index >= 15 is 0 Å². The zero-order valence-corrected chi connectivity index (χ0v) is 10.8. The molecule has 2 nitrogen and oxygen atoms in total. The number of aryl methyl sites for hydroxylation is 1. The molecule has 0 spiro atoms. The van der Waals surface area contributed by atoms with Crippen molar-refractivity contribution in [1.29, 1.82) is 0 Å². The van der Waals surface area contributed by atoms with Crippen LogP contribution in [0, 0.1) is 6.92 Å². The Morgan fingerprint density at radius 1 is 1.31 bits per heavy atom. The van der Waals surface area contributed by atoms with Crippen molar-refractivity contribution in [3.05, 3.63) is 28.8 Å². The van der Waals surface area contributed by atoms with E-state index in [-0.39, 0.29) is 0 Å². The molecule has 0 bridgehead atoms. The van der Waals surface area contributed by atoms with E-state index in [2.05, 4.69) is 12.2 Å². The molecule has 1 aromatic carbocycles. The predicted octanol–water partition coefficient (Wildman–Crippen LogP) is 3.88. The molecule has 0 radical (unpaired) electrons. The van der Waals surface area contributed by atoms with Gasteiger partial charge < -0.3 is 10.1 Å². The third kappa shape index (κ3) is 4.42. The van der Waals surface area contributed by atoms with E-state index in [1.54, 1.807) is 0 Å². The summed E-state index contributed by atoms with van der Waals surface area (Å²) in [5, 5.41) is 4.07. The number of rotatable bonds is 7. The summed E-state index contributed by atoms with van der Waals surface area (Å²) in [5.74, 6) is 0. The van der Waals surface area contributed by atoms with Gasteiger partial charge in [-0.1, -0.05) is 37.1 Å². The van der Waals surface area contributed by atoms with Crippen LogP contribution in [0.2, 0.25) is 5.02 Å². The molecule has 0 atom stereocenters. The van der Waals surface area contributed by atoms with Gasteiger partial charge in [0.25, 0.3) is 0 Å². The Morgan fingerprint density at radius 2 is 2.12 bits per heavy atom. The number of anilines is 1. The lowest BCUT2D eigenvalue weighted by Crippen LogP contribution is -2.11. The number of halogens is 1. The number of ether oxygens (including phenoxy) is 1. The lowest BCUT2D eigenvalue weighted by atomic mass is 10.2. The minimum Gasteiger partial charge on any atom is -0.381 e. The van der Waals surface area contributed by atoms with Gasteiger partial charge in [-0.3, -0.25) is 0 Å². The van der Waals surface area contributed by atoms with Gasteiger partial charge in [0.1, 0.15) is 0 Å². The number of benzene rings is 1. The lowest BCUT2D eigenvalue weighted by Gasteiger charge is -2.11. The zero-order chi connectivity index (χ0) is 11.8. The summed E-state index contributed by atoms with van der Waals surface area (Å²) >= 11 is 6.09. The Hall–Kier alpha value is -0.730. The van der Waals surface area contributed by atoms with Gasteiger partial charge in [0.2, 0.25) is 0 Å². The molecule has 0 fully saturated rings. The largest absolute Gasteiger partial charge is 0.381 e. The van der Waals surface area contributed by atoms with E-state index < -0.39 is 0 Å². The maximum atomic E-state index is 6.09. The van der Waals surface area contributed by atoms with Crippen LogP contribution in [0.25, 0.3) is 0 Å². The molecule has 0 aromatic heterocycles. The topological polar surface area (TPSA) is 21.3 Å². The molecule has 0 amide bonds. The molecule has 0 saturated heterocycles. The second-order valence-corrected chi connectivity index (χ2v) is 4.23. The van der Waals surface area contributed by atoms with Crippen LogP contribution in [-0.4, -0.2) is 19.8 Å². The Bertz CT molecular complexity index is 295. The van der Waals surface area contributed by atoms with Crippen molar-refractivity contribution in [3.63, 3.8) is 0 Å². The summed E-state index contributed by atoms with van der Waals surface area (Å²) in [6.45, 7) is 6.58. The standard InChI is InChI=1S/C13H20ClNO/c1-3-4-9-16-10-8-15-13-11(2)6-5-7-12(13)14/h5-7,15H,3-4,8-10H2,1-2H3. The normalized spacial score (nSPS) is 10.4. The maximum Gasteiger partial charge on any atom is 0.0640 e. The third-order valence-corrected chi connectivity index (χ3v) is 2.73. The predicted molar refractivity (Wildman–Crippen MR) is 70.4 cm³/mol. The minimum absolute atomic E-state index is 0.727. The van der Waals surface area contributed by atoms with Crippen molar-refractivity contribution >= 4 is 17.3 Å². The Balaban J connectivity index is 2.26. The molecule has 16 heavy (non-hydrogen) atoms. The van der Waals surface area contributed by atoms with Gasteiger partial charge in [-0.15, -0.1) is 0 Å². The summed E-state index contributed by atoms with van der Waals surface area (Å²) in [7, 11) is 0. The van der Waals surface area contributed by atoms with Crippen LogP contribution in [0.15, 0.2) is 18.2 Å². The molecule has 3 heteroatoms. The molecule has 0 aliphatic heterocycles. The Kier molecular flexibility index (Phi) is 6.27. The van der Waals surface area contributed by atoms with Crippen molar-refractivity contribution in [2.45, 2.75) is 26.7 Å². The molecule has 1 aromatic rings. The van der Waals surface area contributed by atoms with Crippen molar-refractivity contribution in [1.82, 2.24) is 0 Å². The van der Waals surface area contributed by atoms with Gasteiger partial charge in [0.05, 0.1) is 17.3 Å². The number of nitrogens with one attached hydrogen (secondary N) is 1. The second-order valence-electron chi connectivity index (χ2n) is 3.82. The SMILES string of the molecule is CCCCOCCNc1c(C)cccc1Cl. The monoisotopic (exact) mass is 241 g/mol. The zero-order valence-electron chi connectivity index (χ0n) is 10.1. The molecule has 0 unspecified atom stereocenters. The highest BCUT2D eigenvalue weighted by molar-refractivity contribution is 6.33. The van der Waals surface area contributed by atoms with Gasteiger partial charge >= 0.3 is 0 Å². The first-order valence-electron chi connectivity index (χ1n) is 5.82. The number of hydrogen-bond acceptors (Lipinski definition) is 2. The molecular weight excluding hydrogens is 222 g/mol. The van der Waals surface area contributed by atoms with Gasteiger partial charge in [-0.2, -0.15) is 0 Å². The van der Waals surface area contributed by atoms with Crippen LogP contribution >= 0.6 is 11.6 Å². The fraction of sp³-hybridized carbons (Fsp3) is 0.538. The average molecular weight is 242 g/mol. The fourth-order valence-corrected chi connectivity index (χ4v) is 1.74. The first kappa shape index (κ1) is 13.3. The van der Waals surface area contributed by atoms with Crippen LogP contribution in [0.5, 0.6) is 0 Å². The molecule has 0 aliphatic rings. The van der Waals surface area contributed by atoms with Crippen LogP contribution in [0.3, 0.4) is 0 Å². The highest BCUT2D eigenvalue weighted by atomic mass is 35.5. The first-order valence-corrected chi connectivity index (χ1v) is 6.20. The molecule has 0 aliphatic carbocycles.